The molecule has 1 heterocycles. The highest BCUT2D eigenvalue weighted by Gasteiger charge is 2.13. The van der Waals surface area contributed by atoms with Crippen molar-refractivity contribution >= 4 is 0 Å². The minimum absolute atomic E-state index is 0.393. The summed E-state index contributed by atoms with van der Waals surface area (Å²) in [4.78, 5) is 0. The van der Waals surface area contributed by atoms with Gasteiger partial charge in [-0.1, -0.05) is 12.1 Å². The van der Waals surface area contributed by atoms with Gasteiger partial charge in [0.25, 0.3) is 0 Å². The summed E-state index contributed by atoms with van der Waals surface area (Å²) in [5.41, 5.74) is 5.75. The first-order chi connectivity index (χ1) is 8.18. The van der Waals surface area contributed by atoms with Crippen LogP contribution >= 0.6 is 0 Å². The molecule has 0 aliphatic carbocycles. The Hall–Kier alpha value is -0.860. The van der Waals surface area contributed by atoms with Crippen LogP contribution in [-0.4, -0.2) is 25.8 Å². The zero-order valence-electron chi connectivity index (χ0n) is 11.2. The molecule has 94 valence electrons. The normalized spacial score (nSPS) is 20.5. The summed E-state index contributed by atoms with van der Waals surface area (Å²) < 4.78 is 5.73. The molecule has 1 aliphatic heterocycles. The summed E-state index contributed by atoms with van der Waals surface area (Å²) in [5.74, 6) is 0. The Balaban J connectivity index is 1.96. The molecular formula is C15H23NO. The molecule has 0 aromatic heterocycles. The summed E-state index contributed by atoms with van der Waals surface area (Å²) in [6.07, 6.45) is 2.64. The Bertz CT molecular complexity index is 381. The van der Waals surface area contributed by atoms with Crippen LogP contribution in [0.4, 0.5) is 0 Å². The minimum atomic E-state index is 0.393. The van der Waals surface area contributed by atoms with Crippen LogP contribution in [0.5, 0.6) is 0 Å². The lowest BCUT2D eigenvalue weighted by Gasteiger charge is -2.24. The maximum Gasteiger partial charge on any atom is 0.0703 e. The lowest BCUT2D eigenvalue weighted by molar-refractivity contribution is 0.0238. The molecule has 0 bridgehead atoms. The van der Waals surface area contributed by atoms with E-state index in [2.05, 4.69) is 38.2 Å². The Morgan fingerprint density at radius 2 is 2.06 bits per heavy atom. The van der Waals surface area contributed by atoms with Crippen LogP contribution in [0.15, 0.2) is 12.1 Å². The van der Waals surface area contributed by atoms with Crippen molar-refractivity contribution < 1.29 is 4.74 Å². The highest BCUT2D eigenvalue weighted by atomic mass is 16.5. The van der Waals surface area contributed by atoms with E-state index in [4.69, 9.17) is 4.74 Å². The van der Waals surface area contributed by atoms with Crippen LogP contribution in [0.3, 0.4) is 0 Å². The molecule has 1 aromatic rings. The van der Waals surface area contributed by atoms with Crippen molar-refractivity contribution in [3.05, 3.63) is 34.4 Å². The second-order valence-electron chi connectivity index (χ2n) is 5.03. The first kappa shape index (κ1) is 12.6. The average molecular weight is 233 g/mol. The van der Waals surface area contributed by atoms with Gasteiger partial charge in [-0.2, -0.15) is 0 Å². The predicted molar refractivity (Wildman–Crippen MR) is 71.6 cm³/mol. The van der Waals surface area contributed by atoms with Gasteiger partial charge >= 0.3 is 0 Å². The van der Waals surface area contributed by atoms with Crippen LogP contribution in [0.25, 0.3) is 0 Å². The van der Waals surface area contributed by atoms with E-state index in [-0.39, 0.29) is 0 Å². The molecule has 1 atom stereocenters. The molecule has 1 aliphatic rings. The number of aryl methyl sites for hydroxylation is 2. The largest absolute Gasteiger partial charge is 0.376 e. The number of nitrogens with one attached hydrogen (secondary N) is 1. The van der Waals surface area contributed by atoms with Crippen molar-refractivity contribution in [1.29, 1.82) is 0 Å². The number of hydrogen-bond donors (Lipinski definition) is 1. The third-order valence-corrected chi connectivity index (χ3v) is 3.91. The molecule has 2 heteroatoms. The van der Waals surface area contributed by atoms with Gasteiger partial charge in [-0.3, -0.25) is 0 Å². The van der Waals surface area contributed by atoms with Crippen molar-refractivity contribution in [2.45, 2.75) is 39.7 Å². The van der Waals surface area contributed by atoms with Gasteiger partial charge in [0, 0.05) is 13.1 Å². The fraction of sp³-hybridized carbons (Fsp3) is 0.600. The number of hydrogen-bond acceptors (Lipinski definition) is 2. The van der Waals surface area contributed by atoms with Gasteiger partial charge < -0.3 is 10.1 Å². The smallest absolute Gasteiger partial charge is 0.0703 e. The second-order valence-corrected chi connectivity index (χ2v) is 5.03. The van der Waals surface area contributed by atoms with Gasteiger partial charge in [0.05, 0.1) is 12.7 Å². The highest BCUT2D eigenvalue weighted by molar-refractivity contribution is 5.38. The van der Waals surface area contributed by atoms with Crippen LogP contribution in [0, 0.1) is 20.8 Å². The molecular weight excluding hydrogens is 210 g/mol. The maximum atomic E-state index is 5.73. The number of benzene rings is 1. The van der Waals surface area contributed by atoms with E-state index in [9.17, 15) is 0 Å². The first-order valence-electron chi connectivity index (χ1n) is 6.56. The van der Waals surface area contributed by atoms with E-state index in [1.807, 2.05) is 0 Å². The maximum absolute atomic E-state index is 5.73. The monoisotopic (exact) mass is 233 g/mol. The predicted octanol–water partition coefficient (Wildman–Crippen LogP) is 2.53. The van der Waals surface area contributed by atoms with Crippen molar-refractivity contribution in [3.63, 3.8) is 0 Å². The van der Waals surface area contributed by atoms with Gasteiger partial charge in [0.15, 0.2) is 0 Å². The molecule has 1 aromatic carbocycles. The third kappa shape index (κ3) is 3.08. The van der Waals surface area contributed by atoms with Crippen LogP contribution < -0.4 is 5.32 Å². The Morgan fingerprint density at radius 1 is 1.24 bits per heavy atom. The number of rotatable bonds is 3. The van der Waals surface area contributed by atoms with Crippen molar-refractivity contribution in [2.24, 2.45) is 0 Å². The summed E-state index contributed by atoms with van der Waals surface area (Å²) >= 11 is 0. The van der Waals surface area contributed by atoms with Crippen molar-refractivity contribution in [2.75, 3.05) is 19.7 Å². The Labute approximate surface area is 104 Å². The molecule has 0 spiro atoms. The summed E-state index contributed by atoms with van der Waals surface area (Å²) in [6.45, 7) is 9.49. The van der Waals surface area contributed by atoms with Crippen LogP contribution in [0.1, 0.15) is 28.7 Å². The van der Waals surface area contributed by atoms with Gasteiger partial charge in [-0.15, -0.1) is 0 Å². The number of ether oxygens (including phenoxy) is 1. The van der Waals surface area contributed by atoms with Gasteiger partial charge in [0.1, 0.15) is 0 Å². The minimum Gasteiger partial charge on any atom is -0.376 e. The lowest BCUT2D eigenvalue weighted by Crippen LogP contribution is -2.38. The Kier molecular flexibility index (Phi) is 4.19. The van der Waals surface area contributed by atoms with E-state index in [1.165, 1.54) is 22.3 Å². The van der Waals surface area contributed by atoms with Gasteiger partial charge in [0.2, 0.25) is 0 Å². The molecule has 1 saturated heterocycles. The van der Waals surface area contributed by atoms with E-state index >= 15 is 0 Å². The van der Waals surface area contributed by atoms with E-state index in [0.717, 1.165) is 32.5 Å². The van der Waals surface area contributed by atoms with Crippen LogP contribution in [-0.2, 0) is 11.2 Å². The third-order valence-electron chi connectivity index (χ3n) is 3.91. The zero-order valence-corrected chi connectivity index (χ0v) is 11.2. The van der Waals surface area contributed by atoms with Crippen molar-refractivity contribution in [3.8, 4) is 0 Å². The molecule has 1 unspecified atom stereocenters. The van der Waals surface area contributed by atoms with E-state index in [1.54, 1.807) is 0 Å². The summed E-state index contributed by atoms with van der Waals surface area (Å²) in [5, 5.41) is 3.38. The second kappa shape index (κ2) is 5.65. The SMILES string of the molecule is Cc1ccc(CCC2CNCCO2)c(C)c1C. The molecule has 1 N–H and O–H groups in total. The van der Waals surface area contributed by atoms with Crippen molar-refractivity contribution in [1.82, 2.24) is 5.32 Å². The zero-order chi connectivity index (χ0) is 12.3. The van der Waals surface area contributed by atoms with Gasteiger partial charge in [-0.25, -0.2) is 0 Å². The van der Waals surface area contributed by atoms with E-state index in [0.29, 0.717) is 6.10 Å². The fourth-order valence-corrected chi connectivity index (χ4v) is 2.40. The molecule has 2 rings (SSSR count). The molecule has 0 saturated carbocycles. The summed E-state index contributed by atoms with van der Waals surface area (Å²) in [7, 11) is 0. The summed E-state index contributed by atoms with van der Waals surface area (Å²) in [6, 6.07) is 4.51. The highest BCUT2D eigenvalue weighted by Crippen LogP contribution is 2.19. The molecule has 0 amide bonds. The molecule has 1 fully saturated rings. The van der Waals surface area contributed by atoms with Crippen LogP contribution in [0.2, 0.25) is 0 Å². The topological polar surface area (TPSA) is 21.3 Å². The molecule has 17 heavy (non-hydrogen) atoms. The molecule has 2 nitrogen and oxygen atoms in total. The number of morpholine rings is 1. The van der Waals surface area contributed by atoms with Gasteiger partial charge in [-0.05, 0) is 55.9 Å². The quantitative estimate of drug-likeness (QED) is 0.866. The standard InChI is InChI=1S/C15H23NO/c1-11-4-5-14(13(3)12(11)2)6-7-15-10-16-8-9-17-15/h4-5,15-16H,6-10H2,1-3H3. The first-order valence-corrected chi connectivity index (χ1v) is 6.56. The van der Waals surface area contributed by atoms with E-state index < -0.39 is 0 Å². The molecule has 0 radical (unpaired) electrons. The average Bonchev–Trinajstić information content (AvgIpc) is 2.36. The lowest BCUT2D eigenvalue weighted by atomic mass is 9.95. The Morgan fingerprint density at radius 3 is 2.76 bits per heavy atom. The fourth-order valence-electron chi connectivity index (χ4n) is 2.40.